The number of amides is 2. The Bertz CT molecular complexity index is 742. The molecule has 7 nitrogen and oxygen atoms in total. The Morgan fingerprint density at radius 1 is 1.24 bits per heavy atom. The van der Waals surface area contributed by atoms with Crippen molar-refractivity contribution >= 4 is 17.5 Å². The van der Waals surface area contributed by atoms with Gasteiger partial charge in [0.15, 0.2) is 11.5 Å². The summed E-state index contributed by atoms with van der Waals surface area (Å²) in [7, 11) is 1.58. The molecule has 132 valence electrons. The Hall–Kier alpha value is -2.57. The Morgan fingerprint density at radius 2 is 2.00 bits per heavy atom. The van der Waals surface area contributed by atoms with Crippen LogP contribution < -0.4 is 14.8 Å². The second-order valence-electron chi connectivity index (χ2n) is 6.66. The minimum absolute atomic E-state index is 0.0675. The van der Waals surface area contributed by atoms with Crippen LogP contribution in [0.5, 0.6) is 11.5 Å². The molecule has 0 radical (unpaired) electrons. The van der Waals surface area contributed by atoms with Gasteiger partial charge in [-0.25, -0.2) is 5.01 Å². The van der Waals surface area contributed by atoms with Gasteiger partial charge in [-0.15, -0.1) is 0 Å². The molecular weight excluding hydrogens is 322 g/mol. The maximum Gasteiger partial charge on any atom is 0.267 e. The number of rotatable bonds is 4. The molecule has 0 unspecified atom stereocenters. The minimum Gasteiger partial charge on any atom is -0.486 e. The third-order valence-corrected chi connectivity index (χ3v) is 4.77. The van der Waals surface area contributed by atoms with Crippen LogP contribution >= 0.6 is 0 Å². The molecule has 1 aromatic rings. The molecule has 7 heteroatoms. The van der Waals surface area contributed by atoms with Crippen LogP contribution in [0.25, 0.3) is 0 Å². The average Bonchev–Trinajstić information content (AvgIpc) is 3.46. The van der Waals surface area contributed by atoms with Crippen LogP contribution in [0.15, 0.2) is 23.3 Å². The first kappa shape index (κ1) is 15.9. The number of hydrogen-bond donors (Lipinski definition) is 1. The van der Waals surface area contributed by atoms with Gasteiger partial charge in [0.1, 0.15) is 18.9 Å². The third-order valence-electron chi connectivity index (χ3n) is 4.77. The lowest BCUT2D eigenvalue weighted by atomic mass is 10.0. The normalized spacial score (nSPS) is 20.8. The summed E-state index contributed by atoms with van der Waals surface area (Å²) in [5, 5.41) is 8.45. The number of carbonyl (C=O) groups is 2. The van der Waals surface area contributed by atoms with Crippen molar-refractivity contribution in [1.29, 1.82) is 0 Å². The summed E-state index contributed by atoms with van der Waals surface area (Å²) in [6.45, 7) is 1.09. The van der Waals surface area contributed by atoms with Gasteiger partial charge in [-0.1, -0.05) is 6.07 Å². The molecule has 4 rings (SSSR count). The number of benzene rings is 1. The molecule has 2 aliphatic heterocycles. The van der Waals surface area contributed by atoms with Crippen molar-refractivity contribution < 1.29 is 19.1 Å². The molecule has 2 heterocycles. The van der Waals surface area contributed by atoms with E-state index in [1.54, 1.807) is 7.05 Å². The molecule has 2 amide bonds. The van der Waals surface area contributed by atoms with Gasteiger partial charge in [-0.05, 0) is 36.5 Å². The van der Waals surface area contributed by atoms with E-state index in [4.69, 9.17) is 9.47 Å². The first-order valence-corrected chi connectivity index (χ1v) is 8.66. The first-order valence-electron chi connectivity index (χ1n) is 8.66. The molecule has 1 atom stereocenters. The quantitative estimate of drug-likeness (QED) is 0.901. The second kappa shape index (κ2) is 6.38. The van der Waals surface area contributed by atoms with Gasteiger partial charge < -0.3 is 14.8 Å². The van der Waals surface area contributed by atoms with Crippen LogP contribution in [-0.2, 0) is 9.59 Å². The lowest BCUT2D eigenvalue weighted by Crippen LogP contribution is -2.39. The minimum atomic E-state index is -0.203. The fraction of sp³-hybridized carbons (Fsp3) is 0.500. The van der Waals surface area contributed by atoms with Crippen molar-refractivity contribution in [3.63, 3.8) is 0 Å². The van der Waals surface area contributed by atoms with Gasteiger partial charge in [0.2, 0.25) is 5.91 Å². The maximum atomic E-state index is 12.6. The highest BCUT2D eigenvalue weighted by molar-refractivity contribution is 6.39. The van der Waals surface area contributed by atoms with Crippen molar-refractivity contribution in [2.45, 2.75) is 31.7 Å². The lowest BCUT2D eigenvalue weighted by Gasteiger charge is -2.24. The van der Waals surface area contributed by atoms with Crippen LogP contribution in [-0.4, -0.2) is 42.8 Å². The summed E-state index contributed by atoms with van der Waals surface area (Å²) in [6.07, 6.45) is 2.88. The molecule has 0 saturated heterocycles. The summed E-state index contributed by atoms with van der Waals surface area (Å²) in [5.74, 6) is 1.62. The highest BCUT2D eigenvalue weighted by Gasteiger charge is 2.35. The van der Waals surface area contributed by atoms with Gasteiger partial charge in [-0.3, -0.25) is 9.59 Å². The largest absolute Gasteiger partial charge is 0.486 e. The number of fused-ring (bicyclic) bond motifs is 1. The van der Waals surface area contributed by atoms with Gasteiger partial charge in [0.25, 0.3) is 5.91 Å². The van der Waals surface area contributed by atoms with E-state index >= 15 is 0 Å². The van der Waals surface area contributed by atoms with Crippen molar-refractivity contribution in [2.75, 3.05) is 20.3 Å². The Morgan fingerprint density at radius 3 is 2.72 bits per heavy atom. The van der Waals surface area contributed by atoms with Crippen molar-refractivity contribution in [3.05, 3.63) is 23.8 Å². The topological polar surface area (TPSA) is 80.2 Å². The van der Waals surface area contributed by atoms with E-state index in [2.05, 4.69) is 10.4 Å². The number of ether oxygens (including phenoxy) is 2. The van der Waals surface area contributed by atoms with E-state index in [9.17, 15) is 9.59 Å². The average molecular weight is 343 g/mol. The van der Waals surface area contributed by atoms with Crippen LogP contribution in [0, 0.1) is 5.92 Å². The monoisotopic (exact) mass is 343 g/mol. The van der Waals surface area contributed by atoms with Gasteiger partial charge >= 0.3 is 0 Å². The molecule has 25 heavy (non-hydrogen) atoms. The number of nitrogens with one attached hydrogen (secondary N) is 1. The highest BCUT2D eigenvalue weighted by atomic mass is 16.6. The summed E-state index contributed by atoms with van der Waals surface area (Å²) in [6, 6.07) is 5.76. The maximum absolute atomic E-state index is 12.6. The SMILES string of the molecule is CN1N=C(C(=O)N[C@H](c2ccc3c(c2)OCCO3)C2CC2)CCC1=O. The fourth-order valence-corrected chi connectivity index (χ4v) is 3.21. The lowest BCUT2D eigenvalue weighted by molar-refractivity contribution is -0.130. The summed E-state index contributed by atoms with van der Waals surface area (Å²) >= 11 is 0. The number of hydrazone groups is 1. The zero-order valence-corrected chi connectivity index (χ0v) is 14.2. The van der Waals surface area contributed by atoms with E-state index in [0.29, 0.717) is 37.7 Å². The molecule has 1 aromatic carbocycles. The Labute approximate surface area is 146 Å². The van der Waals surface area contributed by atoms with Gasteiger partial charge in [-0.2, -0.15) is 5.10 Å². The smallest absolute Gasteiger partial charge is 0.267 e. The predicted octanol–water partition coefficient (Wildman–Crippen LogP) is 1.63. The number of hydrogen-bond acceptors (Lipinski definition) is 5. The van der Waals surface area contributed by atoms with Crippen LogP contribution in [0.2, 0.25) is 0 Å². The van der Waals surface area contributed by atoms with E-state index < -0.39 is 0 Å². The van der Waals surface area contributed by atoms with E-state index in [-0.39, 0.29) is 17.9 Å². The molecule has 1 N–H and O–H groups in total. The Balaban J connectivity index is 1.53. The molecular formula is C18H21N3O4. The fourth-order valence-electron chi connectivity index (χ4n) is 3.21. The van der Waals surface area contributed by atoms with E-state index in [1.165, 1.54) is 5.01 Å². The number of nitrogens with zero attached hydrogens (tertiary/aromatic N) is 2. The third kappa shape index (κ3) is 3.31. The zero-order valence-electron chi connectivity index (χ0n) is 14.2. The first-order chi connectivity index (χ1) is 12.1. The van der Waals surface area contributed by atoms with Crippen LogP contribution in [0.3, 0.4) is 0 Å². The molecule has 1 aliphatic carbocycles. The van der Waals surface area contributed by atoms with Gasteiger partial charge in [0, 0.05) is 19.9 Å². The standard InChI is InChI=1S/C18H21N3O4/c1-21-16(22)7-5-13(20-21)18(23)19-17(11-2-3-11)12-4-6-14-15(10-12)25-9-8-24-14/h4,6,10-11,17H,2-3,5,7-9H2,1H3,(H,19,23)/t17-/m0/s1. The van der Waals surface area contributed by atoms with Crippen molar-refractivity contribution in [2.24, 2.45) is 11.0 Å². The molecule has 1 fully saturated rings. The molecule has 0 bridgehead atoms. The molecule has 1 saturated carbocycles. The predicted molar refractivity (Wildman–Crippen MR) is 90.5 cm³/mol. The second-order valence-corrected chi connectivity index (χ2v) is 6.66. The van der Waals surface area contributed by atoms with Crippen LogP contribution in [0.4, 0.5) is 0 Å². The molecule has 3 aliphatic rings. The number of carbonyl (C=O) groups excluding carboxylic acids is 2. The van der Waals surface area contributed by atoms with E-state index in [0.717, 1.165) is 29.9 Å². The zero-order chi connectivity index (χ0) is 17.4. The molecule has 0 aromatic heterocycles. The summed E-state index contributed by atoms with van der Waals surface area (Å²) in [5.41, 5.74) is 1.42. The van der Waals surface area contributed by atoms with Crippen molar-refractivity contribution in [1.82, 2.24) is 10.3 Å². The van der Waals surface area contributed by atoms with E-state index in [1.807, 2.05) is 18.2 Å². The van der Waals surface area contributed by atoms with Gasteiger partial charge in [0.05, 0.1) is 6.04 Å². The highest BCUT2D eigenvalue weighted by Crippen LogP contribution is 2.43. The van der Waals surface area contributed by atoms with Crippen LogP contribution in [0.1, 0.15) is 37.3 Å². The summed E-state index contributed by atoms with van der Waals surface area (Å²) in [4.78, 5) is 24.1. The molecule has 0 spiro atoms. The van der Waals surface area contributed by atoms with Crippen molar-refractivity contribution in [3.8, 4) is 11.5 Å². The summed E-state index contributed by atoms with van der Waals surface area (Å²) < 4.78 is 11.2. The Kier molecular flexibility index (Phi) is 4.07.